The van der Waals surface area contributed by atoms with Crippen molar-refractivity contribution in [3.63, 3.8) is 0 Å². The van der Waals surface area contributed by atoms with Gasteiger partial charge in [-0.25, -0.2) is 0 Å². The Balaban J connectivity index is 2.36. The number of nitrogens with two attached hydrogens (primary N) is 1. The van der Waals surface area contributed by atoms with Gasteiger partial charge >= 0.3 is 0 Å². The minimum Gasteiger partial charge on any atom is -0.330 e. The van der Waals surface area contributed by atoms with E-state index in [2.05, 4.69) is 32.6 Å². The first-order chi connectivity index (χ1) is 8.06. The molecular formula is C15H32N2. The molecule has 17 heavy (non-hydrogen) atoms. The van der Waals surface area contributed by atoms with Gasteiger partial charge in [0.25, 0.3) is 0 Å². The van der Waals surface area contributed by atoms with E-state index < -0.39 is 0 Å². The molecule has 2 heteroatoms. The number of rotatable bonds is 6. The van der Waals surface area contributed by atoms with Gasteiger partial charge in [-0.3, -0.25) is 0 Å². The molecule has 3 atom stereocenters. The highest BCUT2D eigenvalue weighted by atomic mass is 15.1. The van der Waals surface area contributed by atoms with Crippen molar-refractivity contribution in [3.05, 3.63) is 0 Å². The minimum atomic E-state index is 0.775. The molecule has 0 aliphatic carbocycles. The molecule has 0 aromatic heterocycles. The molecule has 0 saturated carbocycles. The second-order valence-electron chi connectivity index (χ2n) is 6.45. The SMILES string of the molecule is CCC1CN(CC(C)CC(C)C)CCC1CN. The first kappa shape index (κ1) is 15.0. The van der Waals surface area contributed by atoms with Gasteiger partial charge in [-0.15, -0.1) is 0 Å². The molecule has 2 nitrogen and oxygen atoms in total. The van der Waals surface area contributed by atoms with Crippen LogP contribution in [0.25, 0.3) is 0 Å². The van der Waals surface area contributed by atoms with Crippen LogP contribution >= 0.6 is 0 Å². The highest BCUT2D eigenvalue weighted by Crippen LogP contribution is 2.26. The van der Waals surface area contributed by atoms with Crippen molar-refractivity contribution in [1.82, 2.24) is 4.90 Å². The zero-order valence-corrected chi connectivity index (χ0v) is 12.3. The summed E-state index contributed by atoms with van der Waals surface area (Å²) in [7, 11) is 0. The Hall–Kier alpha value is -0.0800. The smallest absolute Gasteiger partial charge is 0.00128 e. The summed E-state index contributed by atoms with van der Waals surface area (Å²) in [5.41, 5.74) is 5.86. The number of hydrogen-bond donors (Lipinski definition) is 1. The van der Waals surface area contributed by atoms with E-state index in [1.54, 1.807) is 0 Å². The zero-order valence-electron chi connectivity index (χ0n) is 12.3. The summed E-state index contributed by atoms with van der Waals surface area (Å²) in [6.07, 6.45) is 3.95. The third kappa shape index (κ3) is 4.97. The van der Waals surface area contributed by atoms with Crippen LogP contribution in [0.1, 0.15) is 47.0 Å². The summed E-state index contributed by atoms with van der Waals surface area (Å²) < 4.78 is 0. The minimum absolute atomic E-state index is 0.775. The van der Waals surface area contributed by atoms with Crippen molar-refractivity contribution in [2.45, 2.75) is 47.0 Å². The van der Waals surface area contributed by atoms with Crippen LogP contribution in [0.4, 0.5) is 0 Å². The van der Waals surface area contributed by atoms with Crippen LogP contribution in [0.15, 0.2) is 0 Å². The van der Waals surface area contributed by atoms with Crippen molar-refractivity contribution in [2.75, 3.05) is 26.2 Å². The van der Waals surface area contributed by atoms with E-state index in [0.29, 0.717) is 0 Å². The molecule has 0 bridgehead atoms. The molecule has 102 valence electrons. The van der Waals surface area contributed by atoms with Crippen LogP contribution in [-0.4, -0.2) is 31.1 Å². The molecule has 0 radical (unpaired) electrons. The number of likely N-dealkylation sites (tertiary alicyclic amines) is 1. The molecule has 0 spiro atoms. The molecule has 1 heterocycles. The fourth-order valence-corrected chi connectivity index (χ4v) is 3.41. The van der Waals surface area contributed by atoms with Crippen LogP contribution in [0.3, 0.4) is 0 Å². The third-order valence-corrected chi connectivity index (χ3v) is 4.25. The number of nitrogens with zero attached hydrogens (tertiary/aromatic N) is 1. The summed E-state index contributed by atoms with van der Waals surface area (Å²) in [6.45, 7) is 14.1. The summed E-state index contributed by atoms with van der Waals surface area (Å²) in [5, 5.41) is 0. The third-order valence-electron chi connectivity index (χ3n) is 4.25. The van der Waals surface area contributed by atoms with Gasteiger partial charge in [0.05, 0.1) is 0 Å². The maximum absolute atomic E-state index is 5.86. The zero-order chi connectivity index (χ0) is 12.8. The standard InChI is InChI=1S/C15H32N2/c1-5-14-11-17(7-6-15(14)9-16)10-13(4)8-12(2)3/h12-15H,5-11,16H2,1-4H3. The molecule has 1 aliphatic rings. The molecule has 2 N–H and O–H groups in total. The Morgan fingerprint density at radius 3 is 2.47 bits per heavy atom. The molecule has 0 amide bonds. The molecule has 0 aromatic carbocycles. The van der Waals surface area contributed by atoms with E-state index in [1.165, 1.54) is 38.9 Å². The fourth-order valence-electron chi connectivity index (χ4n) is 3.41. The Bertz CT molecular complexity index is 203. The lowest BCUT2D eigenvalue weighted by molar-refractivity contribution is 0.103. The normalized spacial score (nSPS) is 28.6. The molecule has 0 aromatic rings. The Morgan fingerprint density at radius 2 is 1.94 bits per heavy atom. The molecule has 1 fully saturated rings. The predicted octanol–water partition coefficient (Wildman–Crippen LogP) is 2.98. The van der Waals surface area contributed by atoms with Crippen LogP contribution < -0.4 is 5.73 Å². The lowest BCUT2D eigenvalue weighted by atomic mass is 9.83. The molecule has 1 saturated heterocycles. The summed E-state index contributed by atoms with van der Waals surface area (Å²) in [6, 6.07) is 0. The summed E-state index contributed by atoms with van der Waals surface area (Å²) in [4.78, 5) is 2.67. The van der Waals surface area contributed by atoms with Gasteiger partial charge in [0, 0.05) is 13.1 Å². The van der Waals surface area contributed by atoms with E-state index >= 15 is 0 Å². The second kappa shape index (κ2) is 7.38. The Kier molecular flexibility index (Phi) is 6.50. The van der Waals surface area contributed by atoms with E-state index in [-0.39, 0.29) is 0 Å². The van der Waals surface area contributed by atoms with Gasteiger partial charge in [-0.05, 0) is 49.6 Å². The maximum Gasteiger partial charge on any atom is 0.00128 e. The van der Waals surface area contributed by atoms with Gasteiger partial charge in [0.15, 0.2) is 0 Å². The largest absolute Gasteiger partial charge is 0.330 e. The Labute approximate surface area is 108 Å². The highest BCUT2D eigenvalue weighted by molar-refractivity contribution is 4.81. The van der Waals surface area contributed by atoms with E-state index in [9.17, 15) is 0 Å². The van der Waals surface area contributed by atoms with E-state index in [1.807, 2.05) is 0 Å². The van der Waals surface area contributed by atoms with Gasteiger partial charge in [0.2, 0.25) is 0 Å². The summed E-state index contributed by atoms with van der Waals surface area (Å²) in [5.74, 6) is 3.27. The molecular weight excluding hydrogens is 208 g/mol. The van der Waals surface area contributed by atoms with Crippen molar-refractivity contribution in [1.29, 1.82) is 0 Å². The van der Waals surface area contributed by atoms with Crippen molar-refractivity contribution < 1.29 is 0 Å². The molecule has 1 rings (SSSR count). The first-order valence-electron chi connectivity index (χ1n) is 7.49. The average Bonchev–Trinajstić information content (AvgIpc) is 2.27. The predicted molar refractivity (Wildman–Crippen MR) is 76.0 cm³/mol. The van der Waals surface area contributed by atoms with Crippen LogP contribution in [-0.2, 0) is 0 Å². The summed E-state index contributed by atoms with van der Waals surface area (Å²) >= 11 is 0. The highest BCUT2D eigenvalue weighted by Gasteiger charge is 2.27. The quantitative estimate of drug-likeness (QED) is 0.773. The van der Waals surface area contributed by atoms with Crippen LogP contribution in [0.5, 0.6) is 0 Å². The molecule has 1 aliphatic heterocycles. The Morgan fingerprint density at radius 1 is 1.24 bits per heavy atom. The van der Waals surface area contributed by atoms with Crippen LogP contribution in [0, 0.1) is 23.7 Å². The fraction of sp³-hybridized carbons (Fsp3) is 1.00. The van der Waals surface area contributed by atoms with E-state index in [0.717, 1.165) is 30.2 Å². The lowest BCUT2D eigenvalue weighted by Gasteiger charge is -2.39. The monoisotopic (exact) mass is 240 g/mol. The van der Waals surface area contributed by atoms with Gasteiger partial charge in [0.1, 0.15) is 0 Å². The van der Waals surface area contributed by atoms with Gasteiger partial charge < -0.3 is 10.6 Å². The average molecular weight is 240 g/mol. The maximum atomic E-state index is 5.86. The molecule has 3 unspecified atom stereocenters. The van der Waals surface area contributed by atoms with Gasteiger partial charge in [-0.2, -0.15) is 0 Å². The van der Waals surface area contributed by atoms with Crippen molar-refractivity contribution >= 4 is 0 Å². The lowest BCUT2D eigenvalue weighted by Crippen LogP contribution is -2.44. The first-order valence-corrected chi connectivity index (χ1v) is 7.49. The van der Waals surface area contributed by atoms with Crippen molar-refractivity contribution in [2.24, 2.45) is 29.4 Å². The van der Waals surface area contributed by atoms with Gasteiger partial charge in [-0.1, -0.05) is 34.1 Å². The topological polar surface area (TPSA) is 29.3 Å². The second-order valence-corrected chi connectivity index (χ2v) is 6.45. The van der Waals surface area contributed by atoms with Crippen LogP contribution in [0.2, 0.25) is 0 Å². The number of hydrogen-bond acceptors (Lipinski definition) is 2. The number of piperidine rings is 1. The van der Waals surface area contributed by atoms with E-state index in [4.69, 9.17) is 5.73 Å². The van der Waals surface area contributed by atoms with Crippen molar-refractivity contribution in [3.8, 4) is 0 Å².